The zero-order valence-corrected chi connectivity index (χ0v) is 16.2. The van der Waals surface area contributed by atoms with Gasteiger partial charge >= 0.3 is 0 Å². The molecule has 5 rings (SSSR count). The van der Waals surface area contributed by atoms with E-state index in [0.717, 1.165) is 45.0 Å². The largest absolute Gasteiger partial charge is 0.377 e. The average Bonchev–Trinajstić information content (AvgIpc) is 3.23. The van der Waals surface area contributed by atoms with Gasteiger partial charge in [-0.2, -0.15) is 0 Å². The molecule has 5 nitrogen and oxygen atoms in total. The van der Waals surface area contributed by atoms with Gasteiger partial charge in [-0.25, -0.2) is 0 Å². The fraction of sp³-hybridized carbons (Fsp3) is 0.0800. The second-order valence-corrected chi connectivity index (χ2v) is 7.24. The number of para-hydroxylation sites is 1. The number of nitrogens with one attached hydrogen (secondary N) is 2. The van der Waals surface area contributed by atoms with Crippen molar-refractivity contribution in [3.05, 3.63) is 103 Å². The summed E-state index contributed by atoms with van der Waals surface area (Å²) < 4.78 is 0. The van der Waals surface area contributed by atoms with Gasteiger partial charge in [-0.3, -0.25) is 9.97 Å². The third kappa shape index (κ3) is 3.31. The summed E-state index contributed by atoms with van der Waals surface area (Å²) in [5.41, 5.74) is 5.57. The van der Waals surface area contributed by atoms with Gasteiger partial charge in [0.2, 0.25) is 0 Å². The lowest BCUT2D eigenvalue weighted by atomic mass is 9.87. The highest BCUT2D eigenvalue weighted by Crippen LogP contribution is 2.36. The lowest BCUT2D eigenvalue weighted by Crippen LogP contribution is -2.20. The fourth-order valence-corrected chi connectivity index (χ4v) is 3.97. The monoisotopic (exact) mass is 392 g/mol. The standard InChI is InChI=1S/C25H20N4O/c30-16-21(20-15-28-22-9-5-4-8-19(20)22)25(17-6-2-1-3-7-17)29-18-10-11-23-24(14-18)27-13-12-26-23/h1-16,21,25,28-29H. The van der Waals surface area contributed by atoms with Crippen LogP contribution in [0, 0.1) is 0 Å². The minimum atomic E-state index is -0.374. The van der Waals surface area contributed by atoms with Crippen molar-refractivity contribution in [1.82, 2.24) is 15.0 Å². The molecular weight excluding hydrogens is 372 g/mol. The summed E-state index contributed by atoms with van der Waals surface area (Å²) in [6.45, 7) is 0. The highest BCUT2D eigenvalue weighted by molar-refractivity contribution is 5.87. The van der Waals surface area contributed by atoms with Crippen molar-refractivity contribution < 1.29 is 4.79 Å². The highest BCUT2D eigenvalue weighted by Gasteiger charge is 2.27. The number of benzene rings is 3. The number of aldehydes is 1. The molecule has 2 N–H and O–H groups in total. The zero-order chi connectivity index (χ0) is 20.3. The first-order chi connectivity index (χ1) is 14.8. The molecule has 0 aliphatic heterocycles. The van der Waals surface area contributed by atoms with E-state index in [1.165, 1.54) is 0 Å². The Morgan fingerprint density at radius 2 is 1.63 bits per heavy atom. The predicted octanol–water partition coefficient (Wildman–Crippen LogP) is 5.25. The molecule has 0 radical (unpaired) electrons. The van der Waals surface area contributed by atoms with Crippen molar-refractivity contribution in [2.24, 2.45) is 0 Å². The average molecular weight is 392 g/mol. The van der Waals surface area contributed by atoms with Gasteiger partial charge in [0.25, 0.3) is 0 Å². The number of aromatic nitrogens is 3. The number of fused-ring (bicyclic) bond motifs is 2. The third-order valence-corrected chi connectivity index (χ3v) is 5.44. The number of carbonyl (C=O) groups is 1. The Hall–Kier alpha value is -3.99. The van der Waals surface area contributed by atoms with Gasteiger partial charge in [0.15, 0.2) is 0 Å². The van der Waals surface area contributed by atoms with Crippen LogP contribution in [0.4, 0.5) is 5.69 Å². The van der Waals surface area contributed by atoms with Gasteiger partial charge in [0, 0.05) is 35.2 Å². The molecule has 0 saturated heterocycles. The van der Waals surface area contributed by atoms with Gasteiger partial charge in [-0.15, -0.1) is 0 Å². The lowest BCUT2D eigenvalue weighted by molar-refractivity contribution is -0.109. The Morgan fingerprint density at radius 3 is 2.47 bits per heavy atom. The number of aromatic amines is 1. The number of anilines is 1. The molecule has 0 saturated carbocycles. The molecule has 5 aromatic rings. The van der Waals surface area contributed by atoms with Gasteiger partial charge in [-0.05, 0) is 35.4 Å². The van der Waals surface area contributed by atoms with Gasteiger partial charge < -0.3 is 15.1 Å². The molecule has 2 aromatic heterocycles. The molecule has 30 heavy (non-hydrogen) atoms. The minimum Gasteiger partial charge on any atom is -0.377 e. The Morgan fingerprint density at radius 1 is 0.867 bits per heavy atom. The Balaban J connectivity index is 1.59. The van der Waals surface area contributed by atoms with E-state index in [2.05, 4.69) is 20.3 Å². The first kappa shape index (κ1) is 18.1. The molecule has 146 valence electrons. The van der Waals surface area contributed by atoms with Crippen LogP contribution in [-0.2, 0) is 4.79 Å². The van der Waals surface area contributed by atoms with Crippen LogP contribution in [0.5, 0.6) is 0 Å². The quantitative estimate of drug-likeness (QED) is 0.387. The Labute approximate surface area is 173 Å². The molecular formula is C25H20N4O. The van der Waals surface area contributed by atoms with E-state index in [-0.39, 0.29) is 12.0 Å². The number of hydrogen-bond donors (Lipinski definition) is 2. The number of hydrogen-bond acceptors (Lipinski definition) is 4. The molecule has 2 atom stereocenters. The second kappa shape index (κ2) is 7.79. The summed E-state index contributed by atoms with van der Waals surface area (Å²) in [4.78, 5) is 24.4. The van der Waals surface area contributed by atoms with Gasteiger partial charge in [0.1, 0.15) is 6.29 Å². The van der Waals surface area contributed by atoms with Crippen LogP contribution in [-0.4, -0.2) is 21.2 Å². The number of nitrogens with zero attached hydrogens (tertiary/aromatic N) is 2. The predicted molar refractivity (Wildman–Crippen MR) is 119 cm³/mol. The van der Waals surface area contributed by atoms with Crippen molar-refractivity contribution >= 4 is 33.9 Å². The van der Waals surface area contributed by atoms with E-state index in [0.29, 0.717) is 0 Å². The smallest absolute Gasteiger partial charge is 0.129 e. The maximum absolute atomic E-state index is 12.4. The van der Waals surface area contributed by atoms with E-state index in [1.54, 1.807) is 12.4 Å². The van der Waals surface area contributed by atoms with Crippen molar-refractivity contribution in [1.29, 1.82) is 0 Å². The van der Waals surface area contributed by atoms with E-state index in [4.69, 9.17) is 0 Å². The molecule has 0 amide bonds. The first-order valence-electron chi connectivity index (χ1n) is 9.87. The fourth-order valence-electron chi connectivity index (χ4n) is 3.97. The number of carbonyl (C=O) groups excluding carboxylic acids is 1. The van der Waals surface area contributed by atoms with Crippen LogP contribution in [0.15, 0.2) is 91.4 Å². The molecule has 2 heterocycles. The van der Waals surface area contributed by atoms with Crippen LogP contribution < -0.4 is 5.32 Å². The normalized spacial score (nSPS) is 13.2. The topological polar surface area (TPSA) is 70.7 Å². The third-order valence-electron chi connectivity index (χ3n) is 5.44. The van der Waals surface area contributed by atoms with Crippen LogP contribution in [0.2, 0.25) is 0 Å². The van der Waals surface area contributed by atoms with Crippen LogP contribution in [0.3, 0.4) is 0 Å². The Bertz CT molecular complexity index is 1310. The summed E-state index contributed by atoms with van der Waals surface area (Å²) in [7, 11) is 0. The summed E-state index contributed by atoms with van der Waals surface area (Å²) >= 11 is 0. The van der Waals surface area contributed by atoms with Crippen molar-refractivity contribution in [3.8, 4) is 0 Å². The summed E-state index contributed by atoms with van der Waals surface area (Å²) in [5, 5.41) is 4.64. The van der Waals surface area contributed by atoms with E-state index in [1.807, 2.05) is 79.0 Å². The molecule has 0 bridgehead atoms. The number of H-pyrrole nitrogens is 1. The van der Waals surface area contributed by atoms with Crippen molar-refractivity contribution in [3.63, 3.8) is 0 Å². The highest BCUT2D eigenvalue weighted by atomic mass is 16.1. The van der Waals surface area contributed by atoms with Crippen molar-refractivity contribution in [2.75, 3.05) is 5.32 Å². The van der Waals surface area contributed by atoms with E-state index >= 15 is 0 Å². The molecule has 2 unspecified atom stereocenters. The summed E-state index contributed by atoms with van der Waals surface area (Å²) in [6.07, 6.45) is 6.33. The summed E-state index contributed by atoms with van der Waals surface area (Å²) in [6, 6.07) is 23.8. The van der Waals surface area contributed by atoms with Crippen molar-refractivity contribution in [2.45, 2.75) is 12.0 Å². The number of rotatable bonds is 6. The second-order valence-electron chi connectivity index (χ2n) is 7.24. The van der Waals surface area contributed by atoms with Crippen LogP contribution in [0.1, 0.15) is 23.1 Å². The molecule has 0 spiro atoms. The molecule has 0 aliphatic carbocycles. The molecule has 0 aliphatic rings. The van der Waals surface area contributed by atoms with E-state index in [9.17, 15) is 4.79 Å². The minimum absolute atomic E-state index is 0.239. The summed E-state index contributed by atoms with van der Waals surface area (Å²) in [5.74, 6) is -0.374. The van der Waals surface area contributed by atoms with E-state index < -0.39 is 0 Å². The molecule has 5 heteroatoms. The molecule has 0 fully saturated rings. The first-order valence-corrected chi connectivity index (χ1v) is 9.87. The van der Waals surface area contributed by atoms with Gasteiger partial charge in [0.05, 0.1) is 23.0 Å². The van der Waals surface area contributed by atoms with Crippen LogP contribution >= 0.6 is 0 Å². The lowest BCUT2D eigenvalue weighted by Gasteiger charge is -2.26. The maximum Gasteiger partial charge on any atom is 0.129 e. The SMILES string of the molecule is O=CC(c1c[nH]c2ccccc12)C(Nc1ccc2nccnc2c1)c1ccccc1. The molecule has 3 aromatic carbocycles. The van der Waals surface area contributed by atoms with Crippen LogP contribution in [0.25, 0.3) is 21.9 Å². The Kier molecular flexibility index (Phi) is 4.69. The maximum atomic E-state index is 12.4. The zero-order valence-electron chi connectivity index (χ0n) is 16.2. The van der Waals surface area contributed by atoms with Gasteiger partial charge in [-0.1, -0.05) is 48.5 Å².